The zero-order chi connectivity index (χ0) is 15.8. The molecule has 0 bridgehead atoms. The highest BCUT2D eigenvalue weighted by atomic mass is 32.2. The second-order valence-electron chi connectivity index (χ2n) is 5.67. The fourth-order valence-corrected chi connectivity index (χ4v) is 4.84. The van der Waals surface area contributed by atoms with Crippen LogP contribution in [0.25, 0.3) is 4.96 Å². The molecule has 0 N–H and O–H groups in total. The summed E-state index contributed by atoms with van der Waals surface area (Å²) < 4.78 is 1.68. The van der Waals surface area contributed by atoms with Crippen LogP contribution in [0.4, 0.5) is 5.69 Å². The van der Waals surface area contributed by atoms with Crippen molar-refractivity contribution in [1.82, 2.24) is 9.38 Å². The molecule has 0 saturated carbocycles. The number of hydrogen-bond acceptors (Lipinski definition) is 5. The van der Waals surface area contributed by atoms with Crippen molar-refractivity contribution in [2.24, 2.45) is 0 Å². The van der Waals surface area contributed by atoms with Gasteiger partial charge in [0.25, 0.3) is 5.56 Å². The molecule has 4 nitrogen and oxygen atoms in total. The van der Waals surface area contributed by atoms with Crippen LogP contribution in [0.1, 0.15) is 17.8 Å². The average molecular weight is 343 g/mol. The number of para-hydroxylation sites is 1. The zero-order valence-corrected chi connectivity index (χ0v) is 14.5. The van der Waals surface area contributed by atoms with Gasteiger partial charge in [-0.1, -0.05) is 12.1 Å². The van der Waals surface area contributed by atoms with Gasteiger partial charge in [0, 0.05) is 28.6 Å². The van der Waals surface area contributed by atoms with Gasteiger partial charge < -0.3 is 4.90 Å². The minimum Gasteiger partial charge on any atom is -0.365 e. The number of aryl methyl sites for hydroxylation is 1. The molecule has 0 fully saturated rings. The van der Waals surface area contributed by atoms with Crippen molar-refractivity contribution in [2.75, 3.05) is 17.2 Å². The Balaban J connectivity index is 1.72. The molecule has 0 radical (unpaired) electrons. The van der Waals surface area contributed by atoms with Gasteiger partial charge in [-0.15, -0.1) is 23.1 Å². The van der Waals surface area contributed by atoms with Gasteiger partial charge in [0.05, 0.1) is 17.9 Å². The smallest absolute Gasteiger partial charge is 0.259 e. The Kier molecular flexibility index (Phi) is 3.87. The first-order valence-corrected chi connectivity index (χ1v) is 9.52. The van der Waals surface area contributed by atoms with E-state index in [9.17, 15) is 4.79 Å². The number of benzene rings is 1. The third kappa shape index (κ3) is 2.77. The lowest BCUT2D eigenvalue weighted by Gasteiger charge is -2.24. The minimum absolute atomic E-state index is 0.0150. The van der Waals surface area contributed by atoms with Crippen molar-refractivity contribution >= 4 is 33.7 Å². The molecular formula is C17H17N3OS2. The highest BCUT2D eigenvalue weighted by Gasteiger charge is 2.17. The summed E-state index contributed by atoms with van der Waals surface area (Å²) in [4.78, 5) is 21.5. The molecule has 3 aromatic rings. The first-order valence-electron chi connectivity index (χ1n) is 7.66. The molecule has 1 aliphatic rings. The number of aromatic nitrogens is 2. The van der Waals surface area contributed by atoms with E-state index >= 15 is 0 Å². The molecule has 0 aliphatic carbocycles. The molecule has 0 saturated heterocycles. The molecule has 0 atom stereocenters. The average Bonchev–Trinajstić information content (AvgIpc) is 2.80. The van der Waals surface area contributed by atoms with Crippen LogP contribution in [-0.4, -0.2) is 21.7 Å². The van der Waals surface area contributed by atoms with E-state index in [1.54, 1.807) is 10.5 Å². The van der Waals surface area contributed by atoms with E-state index in [-0.39, 0.29) is 5.56 Å². The highest BCUT2D eigenvalue weighted by Crippen LogP contribution is 2.34. The van der Waals surface area contributed by atoms with Gasteiger partial charge in [-0.05, 0) is 31.2 Å². The lowest BCUT2D eigenvalue weighted by atomic mass is 10.2. The van der Waals surface area contributed by atoms with Crippen molar-refractivity contribution in [1.29, 1.82) is 0 Å². The van der Waals surface area contributed by atoms with Crippen LogP contribution in [0.15, 0.2) is 45.4 Å². The Labute approximate surface area is 142 Å². The Morgan fingerprint density at radius 3 is 3.09 bits per heavy atom. The fourth-order valence-electron chi connectivity index (χ4n) is 2.94. The van der Waals surface area contributed by atoms with E-state index in [4.69, 9.17) is 0 Å². The Morgan fingerprint density at radius 1 is 1.30 bits per heavy atom. The van der Waals surface area contributed by atoms with E-state index in [0.29, 0.717) is 6.54 Å². The van der Waals surface area contributed by atoms with Crippen LogP contribution in [0.5, 0.6) is 0 Å². The zero-order valence-electron chi connectivity index (χ0n) is 12.9. The van der Waals surface area contributed by atoms with Crippen LogP contribution in [0, 0.1) is 6.92 Å². The summed E-state index contributed by atoms with van der Waals surface area (Å²) in [5.41, 5.74) is 3.06. The van der Waals surface area contributed by atoms with Gasteiger partial charge >= 0.3 is 0 Å². The molecule has 1 aliphatic heterocycles. The summed E-state index contributed by atoms with van der Waals surface area (Å²) in [6, 6.07) is 10.2. The highest BCUT2D eigenvalue weighted by molar-refractivity contribution is 7.99. The number of anilines is 1. The van der Waals surface area contributed by atoms with Gasteiger partial charge in [-0.2, -0.15) is 0 Å². The quantitative estimate of drug-likeness (QED) is 0.713. The number of thioether (sulfide) groups is 1. The lowest BCUT2D eigenvalue weighted by Crippen LogP contribution is -2.26. The van der Waals surface area contributed by atoms with Gasteiger partial charge in [-0.3, -0.25) is 9.20 Å². The monoisotopic (exact) mass is 343 g/mol. The fraction of sp³-hybridized carbons (Fsp3) is 0.294. The minimum atomic E-state index is 0.0150. The standard InChI is InChI=1S/C17H17N3OS2/c1-12-11-23-17-18-13(9-16(21)20(12)17)10-19-7-4-8-22-15-6-3-2-5-14(15)19/h2-3,5-6,9,11H,4,7-8,10H2,1H3. The summed E-state index contributed by atoms with van der Waals surface area (Å²) >= 11 is 3.43. The number of thiazole rings is 1. The third-order valence-electron chi connectivity index (χ3n) is 4.02. The Hall–Kier alpha value is -1.79. The van der Waals surface area contributed by atoms with Crippen molar-refractivity contribution in [3.63, 3.8) is 0 Å². The predicted octanol–water partition coefficient (Wildman–Crippen LogP) is 3.57. The predicted molar refractivity (Wildman–Crippen MR) is 96.9 cm³/mol. The molecular weight excluding hydrogens is 326 g/mol. The van der Waals surface area contributed by atoms with Crippen LogP contribution in [-0.2, 0) is 6.54 Å². The van der Waals surface area contributed by atoms with Crippen LogP contribution >= 0.6 is 23.1 Å². The van der Waals surface area contributed by atoms with E-state index < -0.39 is 0 Å². The molecule has 6 heteroatoms. The van der Waals surface area contributed by atoms with Crippen molar-refractivity contribution in [3.05, 3.63) is 57.5 Å². The normalized spacial score (nSPS) is 14.7. The summed E-state index contributed by atoms with van der Waals surface area (Å²) in [7, 11) is 0. The first kappa shape index (κ1) is 14.8. The maximum absolute atomic E-state index is 12.3. The second kappa shape index (κ2) is 6.02. The van der Waals surface area contributed by atoms with Crippen molar-refractivity contribution in [3.8, 4) is 0 Å². The molecule has 0 unspecified atom stereocenters. The SMILES string of the molecule is Cc1csc2nc(CN3CCCSc4ccccc43)cc(=O)n12. The molecule has 1 aromatic carbocycles. The molecule has 2 aromatic heterocycles. The molecule has 0 spiro atoms. The molecule has 3 heterocycles. The number of hydrogen-bond donors (Lipinski definition) is 0. The molecule has 23 heavy (non-hydrogen) atoms. The first-order chi connectivity index (χ1) is 11.2. The van der Waals surface area contributed by atoms with E-state index in [1.165, 1.54) is 21.9 Å². The topological polar surface area (TPSA) is 37.6 Å². The maximum atomic E-state index is 12.3. The largest absolute Gasteiger partial charge is 0.365 e. The molecule has 118 valence electrons. The van der Waals surface area contributed by atoms with Gasteiger partial charge in [0.15, 0.2) is 4.96 Å². The van der Waals surface area contributed by atoms with E-state index in [1.807, 2.05) is 24.1 Å². The van der Waals surface area contributed by atoms with E-state index in [0.717, 1.165) is 35.1 Å². The number of fused-ring (bicyclic) bond motifs is 2. The lowest BCUT2D eigenvalue weighted by molar-refractivity contribution is 0.755. The van der Waals surface area contributed by atoms with Crippen molar-refractivity contribution < 1.29 is 0 Å². The number of nitrogens with zero attached hydrogens (tertiary/aromatic N) is 3. The second-order valence-corrected chi connectivity index (χ2v) is 7.65. The summed E-state index contributed by atoms with van der Waals surface area (Å²) in [6.07, 6.45) is 1.14. The third-order valence-corrected chi connectivity index (χ3v) is 6.11. The maximum Gasteiger partial charge on any atom is 0.259 e. The summed E-state index contributed by atoms with van der Waals surface area (Å²) in [5.74, 6) is 1.13. The van der Waals surface area contributed by atoms with E-state index in [2.05, 4.69) is 34.1 Å². The Bertz CT molecular complexity index is 916. The van der Waals surface area contributed by atoms with Gasteiger partial charge in [0.1, 0.15) is 0 Å². The van der Waals surface area contributed by atoms with Gasteiger partial charge in [0.2, 0.25) is 0 Å². The summed E-state index contributed by atoms with van der Waals surface area (Å²) in [5, 5.41) is 1.98. The van der Waals surface area contributed by atoms with Crippen LogP contribution in [0.2, 0.25) is 0 Å². The molecule has 4 rings (SSSR count). The number of rotatable bonds is 2. The van der Waals surface area contributed by atoms with Crippen LogP contribution < -0.4 is 10.5 Å². The molecule has 0 amide bonds. The van der Waals surface area contributed by atoms with Gasteiger partial charge in [-0.25, -0.2) is 4.98 Å². The summed E-state index contributed by atoms with van der Waals surface area (Å²) in [6.45, 7) is 3.61. The Morgan fingerprint density at radius 2 is 2.17 bits per heavy atom. The van der Waals surface area contributed by atoms with Crippen molar-refractivity contribution in [2.45, 2.75) is 24.8 Å². The van der Waals surface area contributed by atoms with Crippen LogP contribution in [0.3, 0.4) is 0 Å².